The molecule has 30 heavy (non-hydrogen) atoms. The summed E-state index contributed by atoms with van der Waals surface area (Å²) in [6.07, 6.45) is 6.54. The third kappa shape index (κ3) is 4.20. The maximum Gasteiger partial charge on any atom is 0.222 e. The molecule has 3 aliphatic rings. The Hall–Kier alpha value is -2.08. The molecule has 0 unspecified atom stereocenters. The van der Waals surface area contributed by atoms with Crippen LogP contribution in [0.2, 0.25) is 0 Å². The maximum absolute atomic E-state index is 12.9. The van der Waals surface area contributed by atoms with E-state index in [2.05, 4.69) is 0 Å². The van der Waals surface area contributed by atoms with Gasteiger partial charge in [-0.05, 0) is 36.8 Å². The van der Waals surface area contributed by atoms with Crippen molar-refractivity contribution in [2.45, 2.75) is 44.9 Å². The SMILES string of the molecule is COc1ccccc1CCC(=O)N1C[C@@H]2CN(C(=O)CC3CCCC3)C[C@]2(CO)C1. The zero-order valence-electron chi connectivity index (χ0n) is 18.0. The molecule has 1 aromatic rings. The zero-order valence-corrected chi connectivity index (χ0v) is 18.0. The number of carbonyl (C=O) groups is 2. The Morgan fingerprint density at radius 3 is 2.40 bits per heavy atom. The first-order chi connectivity index (χ1) is 14.5. The number of methoxy groups -OCH3 is 1. The van der Waals surface area contributed by atoms with E-state index in [1.54, 1.807) is 7.11 Å². The van der Waals surface area contributed by atoms with Crippen molar-refractivity contribution in [3.05, 3.63) is 29.8 Å². The minimum Gasteiger partial charge on any atom is -0.496 e. The number of nitrogens with zero attached hydrogens (tertiary/aromatic N) is 2. The Morgan fingerprint density at radius 2 is 1.77 bits per heavy atom. The Balaban J connectivity index is 1.32. The summed E-state index contributed by atoms with van der Waals surface area (Å²) < 4.78 is 5.38. The molecular formula is C24H34N2O4. The second kappa shape index (κ2) is 8.96. The van der Waals surface area contributed by atoms with Crippen LogP contribution < -0.4 is 4.74 Å². The van der Waals surface area contributed by atoms with Crippen molar-refractivity contribution in [2.75, 3.05) is 39.9 Å². The van der Waals surface area contributed by atoms with E-state index in [9.17, 15) is 14.7 Å². The van der Waals surface area contributed by atoms with Crippen LogP contribution in [0, 0.1) is 17.3 Å². The molecule has 1 N–H and O–H groups in total. The van der Waals surface area contributed by atoms with Crippen LogP contribution in [-0.2, 0) is 16.0 Å². The first-order valence-electron chi connectivity index (χ1n) is 11.3. The van der Waals surface area contributed by atoms with Gasteiger partial charge in [0, 0.05) is 50.4 Å². The van der Waals surface area contributed by atoms with E-state index in [0.29, 0.717) is 51.4 Å². The Bertz CT molecular complexity index is 776. The van der Waals surface area contributed by atoms with Gasteiger partial charge in [-0.1, -0.05) is 31.0 Å². The van der Waals surface area contributed by atoms with Crippen LogP contribution >= 0.6 is 0 Å². The molecule has 0 spiro atoms. The molecule has 1 aliphatic carbocycles. The predicted molar refractivity (Wildman–Crippen MR) is 114 cm³/mol. The van der Waals surface area contributed by atoms with Gasteiger partial charge in [-0.15, -0.1) is 0 Å². The minimum absolute atomic E-state index is 0.0289. The number of aliphatic hydroxyl groups excluding tert-OH is 1. The molecule has 0 bridgehead atoms. The lowest BCUT2D eigenvalue weighted by Crippen LogP contribution is -2.40. The summed E-state index contributed by atoms with van der Waals surface area (Å²) in [6.45, 7) is 2.46. The average molecular weight is 415 g/mol. The number of likely N-dealkylation sites (tertiary alicyclic amines) is 2. The molecule has 4 rings (SSSR count). The summed E-state index contributed by atoms with van der Waals surface area (Å²) >= 11 is 0. The molecule has 0 radical (unpaired) electrons. The van der Waals surface area contributed by atoms with Gasteiger partial charge in [0.05, 0.1) is 13.7 Å². The van der Waals surface area contributed by atoms with Gasteiger partial charge in [0.25, 0.3) is 0 Å². The van der Waals surface area contributed by atoms with Crippen molar-refractivity contribution in [1.29, 1.82) is 0 Å². The Kier molecular flexibility index (Phi) is 6.32. The fourth-order valence-electron chi connectivity index (χ4n) is 5.68. The van der Waals surface area contributed by atoms with E-state index in [4.69, 9.17) is 4.74 Å². The number of hydrogen-bond donors (Lipinski definition) is 1. The fraction of sp³-hybridized carbons (Fsp3) is 0.667. The van der Waals surface area contributed by atoms with E-state index < -0.39 is 0 Å². The van der Waals surface area contributed by atoms with Gasteiger partial charge in [0.1, 0.15) is 5.75 Å². The second-order valence-corrected chi connectivity index (χ2v) is 9.43. The van der Waals surface area contributed by atoms with Crippen LogP contribution in [0.3, 0.4) is 0 Å². The summed E-state index contributed by atoms with van der Waals surface area (Å²) in [4.78, 5) is 29.5. The summed E-state index contributed by atoms with van der Waals surface area (Å²) in [5.74, 6) is 1.87. The van der Waals surface area contributed by atoms with Gasteiger partial charge < -0.3 is 19.6 Å². The number of para-hydroxylation sites is 1. The molecule has 1 saturated carbocycles. The van der Waals surface area contributed by atoms with Gasteiger partial charge in [0.2, 0.25) is 11.8 Å². The van der Waals surface area contributed by atoms with E-state index in [1.165, 1.54) is 25.7 Å². The second-order valence-electron chi connectivity index (χ2n) is 9.43. The number of amides is 2. The van der Waals surface area contributed by atoms with E-state index in [-0.39, 0.29) is 29.8 Å². The number of aryl methyl sites for hydroxylation is 1. The van der Waals surface area contributed by atoms with Crippen molar-refractivity contribution in [1.82, 2.24) is 9.80 Å². The summed E-state index contributed by atoms with van der Waals surface area (Å²) in [5, 5.41) is 10.2. The molecular weight excluding hydrogens is 380 g/mol. The van der Waals surface area contributed by atoms with Crippen LogP contribution in [0.4, 0.5) is 0 Å². The summed E-state index contributed by atoms with van der Waals surface area (Å²) in [7, 11) is 1.65. The minimum atomic E-state index is -0.356. The molecule has 6 heteroatoms. The van der Waals surface area contributed by atoms with Gasteiger partial charge in [-0.3, -0.25) is 9.59 Å². The monoisotopic (exact) mass is 414 g/mol. The molecule has 2 amide bonds. The lowest BCUT2D eigenvalue weighted by atomic mass is 9.82. The number of carbonyl (C=O) groups excluding carboxylic acids is 2. The van der Waals surface area contributed by atoms with Crippen LogP contribution in [0.5, 0.6) is 5.75 Å². The zero-order chi connectivity index (χ0) is 21.1. The number of aliphatic hydroxyl groups is 1. The first kappa shape index (κ1) is 21.2. The highest BCUT2D eigenvalue weighted by Crippen LogP contribution is 2.43. The highest BCUT2D eigenvalue weighted by molar-refractivity contribution is 5.78. The van der Waals surface area contributed by atoms with Crippen molar-refractivity contribution < 1.29 is 19.4 Å². The Morgan fingerprint density at radius 1 is 1.10 bits per heavy atom. The molecule has 2 saturated heterocycles. The number of ether oxygens (including phenoxy) is 1. The molecule has 2 heterocycles. The lowest BCUT2D eigenvalue weighted by Gasteiger charge is -2.28. The molecule has 2 atom stereocenters. The Labute approximate surface area is 179 Å². The van der Waals surface area contributed by atoms with Gasteiger partial charge >= 0.3 is 0 Å². The maximum atomic E-state index is 12.9. The summed E-state index contributed by atoms with van der Waals surface area (Å²) in [6, 6.07) is 7.79. The van der Waals surface area contributed by atoms with Gasteiger partial charge in [0.15, 0.2) is 0 Å². The number of benzene rings is 1. The first-order valence-corrected chi connectivity index (χ1v) is 11.3. The quantitative estimate of drug-likeness (QED) is 0.744. The average Bonchev–Trinajstić information content (AvgIpc) is 3.46. The van der Waals surface area contributed by atoms with Crippen LogP contribution in [0.15, 0.2) is 24.3 Å². The normalized spacial score (nSPS) is 26.3. The molecule has 164 valence electrons. The van der Waals surface area contributed by atoms with Crippen molar-refractivity contribution in [3.8, 4) is 5.75 Å². The molecule has 1 aromatic carbocycles. The smallest absolute Gasteiger partial charge is 0.222 e. The van der Waals surface area contributed by atoms with E-state index in [1.807, 2.05) is 34.1 Å². The molecule has 2 aliphatic heterocycles. The topological polar surface area (TPSA) is 70.1 Å². The lowest BCUT2D eigenvalue weighted by molar-refractivity contribution is -0.132. The van der Waals surface area contributed by atoms with Crippen molar-refractivity contribution >= 4 is 11.8 Å². The van der Waals surface area contributed by atoms with Crippen LogP contribution in [-0.4, -0.2) is 66.6 Å². The molecule has 0 aromatic heterocycles. The largest absolute Gasteiger partial charge is 0.496 e. The third-order valence-electron chi connectivity index (χ3n) is 7.52. The van der Waals surface area contributed by atoms with E-state index >= 15 is 0 Å². The predicted octanol–water partition coefficient (Wildman–Crippen LogP) is 2.49. The fourth-order valence-corrected chi connectivity index (χ4v) is 5.68. The summed E-state index contributed by atoms with van der Waals surface area (Å²) in [5.41, 5.74) is 0.680. The van der Waals surface area contributed by atoms with Crippen molar-refractivity contribution in [2.24, 2.45) is 17.3 Å². The van der Waals surface area contributed by atoms with Crippen LogP contribution in [0.25, 0.3) is 0 Å². The number of rotatable bonds is 7. The molecule has 3 fully saturated rings. The highest BCUT2D eigenvalue weighted by atomic mass is 16.5. The van der Waals surface area contributed by atoms with Crippen LogP contribution in [0.1, 0.15) is 44.1 Å². The highest BCUT2D eigenvalue weighted by Gasteiger charge is 2.54. The number of fused-ring (bicyclic) bond motifs is 1. The molecule has 6 nitrogen and oxygen atoms in total. The van der Waals surface area contributed by atoms with Gasteiger partial charge in [-0.2, -0.15) is 0 Å². The van der Waals surface area contributed by atoms with Crippen molar-refractivity contribution in [3.63, 3.8) is 0 Å². The third-order valence-corrected chi connectivity index (χ3v) is 7.52. The number of hydrogen-bond acceptors (Lipinski definition) is 4. The van der Waals surface area contributed by atoms with Gasteiger partial charge in [-0.25, -0.2) is 0 Å². The standard InChI is InChI=1S/C24H34N2O4/c1-30-21-9-5-4-8-19(21)10-11-22(28)25-13-20-14-26(16-24(20,15-25)17-27)23(29)12-18-6-2-3-7-18/h4-5,8-9,18,20,27H,2-3,6-7,10-17H2,1H3/t20-,24+/m1/s1. The van der Waals surface area contributed by atoms with E-state index in [0.717, 1.165) is 11.3 Å².